The second kappa shape index (κ2) is 15.5. The Hall–Kier alpha value is -3.60. The summed E-state index contributed by atoms with van der Waals surface area (Å²) in [6.45, 7) is 18.8. The molecule has 0 bridgehead atoms. The number of aliphatic hydroxyl groups excluding tert-OH is 1. The number of fused-ring (bicyclic) bond motifs is 2. The summed E-state index contributed by atoms with van der Waals surface area (Å²) < 4.78 is 5.41. The first-order chi connectivity index (χ1) is 21.8. The van der Waals surface area contributed by atoms with Gasteiger partial charge in [-0.2, -0.15) is 0 Å². The van der Waals surface area contributed by atoms with Gasteiger partial charge in [0.2, 0.25) is 0 Å². The molecule has 47 heavy (non-hydrogen) atoms. The molecule has 0 atom stereocenters. The van der Waals surface area contributed by atoms with Crippen LogP contribution < -0.4 is 0 Å². The topological polar surface area (TPSA) is 76.2 Å². The molecule has 5 aromatic rings. The van der Waals surface area contributed by atoms with Gasteiger partial charge in [-0.25, -0.2) is 4.98 Å². The molecule has 0 spiro atoms. The van der Waals surface area contributed by atoms with Crippen LogP contribution in [0.25, 0.3) is 44.4 Å². The molecular weight excluding hydrogens is 761 g/mol. The second-order valence-electron chi connectivity index (χ2n) is 13.8. The molecule has 0 aliphatic carbocycles. The molecule has 6 heteroatoms. The number of pyridine rings is 2. The maximum atomic E-state index is 12.2. The molecule has 0 aliphatic rings. The molecule has 5 rings (SSSR count). The van der Waals surface area contributed by atoms with Crippen LogP contribution in [0.1, 0.15) is 93.6 Å². The maximum absolute atomic E-state index is 12.2. The summed E-state index contributed by atoms with van der Waals surface area (Å²) in [4.78, 5) is 21.5. The molecule has 0 unspecified atom stereocenters. The summed E-state index contributed by atoms with van der Waals surface area (Å²) in [6.07, 6.45) is 8.26. The number of furan rings is 1. The molecule has 0 fully saturated rings. The maximum Gasteiger partial charge on any atom is 0.164 e. The molecule has 5 nitrogen and oxygen atoms in total. The van der Waals surface area contributed by atoms with E-state index < -0.39 is 0 Å². The Morgan fingerprint density at radius 3 is 2.15 bits per heavy atom. The van der Waals surface area contributed by atoms with E-state index in [9.17, 15) is 9.90 Å². The average Bonchev–Trinajstić information content (AvgIpc) is 3.55. The van der Waals surface area contributed by atoms with Gasteiger partial charge in [-0.3, -0.25) is 9.78 Å². The van der Waals surface area contributed by atoms with Gasteiger partial charge in [0.1, 0.15) is 11.3 Å². The van der Waals surface area contributed by atoms with Crippen LogP contribution in [0.5, 0.6) is 0 Å². The molecule has 1 N–H and O–H groups in total. The van der Waals surface area contributed by atoms with Crippen molar-refractivity contribution in [2.24, 2.45) is 10.8 Å². The molecule has 3 heterocycles. The number of carbonyl (C=O) groups is 1. The van der Waals surface area contributed by atoms with Crippen LogP contribution in [-0.2, 0) is 30.3 Å². The van der Waals surface area contributed by atoms with Gasteiger partial charge >= 0.3 is 0 Å². The van der Waals surface area contributed by atoms with Gasteiger partial charge in [-0.05, 0) is 54.9 Å². The number of rotatable bonds is 9. The van der Waals surface area contributed by atoms with Crippen molar-refractivity contribution in [2.45, 2.75) is 93.4 Å². The Kier molecular flexibility index (Phi) is 12.5. The number of ketones is 1. The van der Waals surface area contributed by atoms with E-state index in [4.69, 9.17) is 9.40 Å². The second-order valence-corrected chi connectivity index (χ2v) is 13.8. The number of nitrogens with zero attached hydrogens (tertiary/aromatic N) is 2. The van der Waals surface area contributed by atoms with E-state index in [1.807, 2.05) is 72.0 Å². The fraction of sp³-hybridized carbons (Fsp3) is 0.390. The summed E-state index contributed by atoms with van der Waals surface area (Å²) in [5, 5.41) is 12.5. The van der Waals surface area contributed by atoms with Crippen molar-refractivity contribution in [3.05, 3.63) is 96.6 Å². The Morgan fingerprint density at radius 2 is 1.51 bits per heavy atom. The van der Waals surface area contributed by atoms with Crippen molar-refractivity contribution in [1.82, 2.24) is 9.97 Å². The van der Waals surface area contributed by atoms with E-state index in [1.54, 1.807) is 6.26 Å². The fourth-order valence-corrected chi connectivity index (χ4v) is 5.42. The SMILES string of the molecule is CC(C)(C)c1cc(-c2cc(-c3ccc4occc4n3)ccn2)[c-]c2ccccc12.CCC(C)(CC)C(=O)/C=C(\O)C(C)(CC)CC.[Ir]. The first kappa shape index (κ1) is 37.9. The third-order valence-corrected chi connectivity index (χ3v) is 9.82. The minimum atomic E-state index is -0.337. The minimum absolute atomic E-state index is 0. The predicted octanol–water partition coefficient (Wildman–Crippen LogP) is 11.5. The van der Waals surface area contributed by atoms with Gasteiger partial charge in [0.15, 0.2) is 11.4 Å². The van der Waals surface area contributed by atoms with Crippen molar-refractivity contribution >= 4 is 27.7 Å². The van der Waals surface area contributed by atoms with Crippen LogP contribution in [0.15, 0.2) is 89.4 Å². The zero-order valence-electron chi connectivity index (χ0n) is 29.3. The first-order valence-corrected chi connectivity index (χ1v) is 16.5. The molecule has 0 saturated heterocycles. The molecular formula is C41H49IrN2O3-. The summed E-state index contributed by atoms with van der Waals surface area (Å²) in [7, 11) is 0. The van der Waals surface area contributed by atoms with Crippen molar-refractivity contribution < 1.29 is 34.4 Å². The molecule has 2 aromatic carbocycles. The van der Waals surface area contributed by atoms with Crippen LogP contribution in [0, 0.1) is 16.9 Å². The molecule has 1 radical (unpaired) electrons. The molecule has 0 amide bonds. The predicted molar refractivity (Wildman–Crippen MR) is 191 cm³/mol. The molecule has 3 aromatic heterocycles. The fourth-order valence-electron chi connectivity index (χ4n) is 5.42. The van der Waals surface area contributed by atoms with E-state index in [-0.39, 0.29) is 47.9 Å². The van der Waals surface area contributed by atoms with Crippen molar-refractivity contribution in [3.8, 4) is 22.5 Å². The van der Waals surface area contributed by atoms with E-state index >= 15 is 0 Å². The van der Waals surface area contributed by atoms with Crippen molar-refractivity contribution in [3.63, 3.8) is 0 Å². The molecule has 251 valence electrons. The third-order valence-electron chi connectivity index (χ3n) is 9.82. The number of aromatic nitrogens is 2. The number of benzene rings is 2. The van der Waals surface area contributed by atoms with Gasteiger partial charge < -0.3 is 9.52 Å². The quantitative estimate of drug-likeness (QED) is 0.0912. The van der Waals surface area contributed by atoms with Crippen LogP contribution in [0.2, 0.25) is 0 Å². The van der Waals surface area contributed by atoms with E-state index in [0.29, 0.717) is 0 Å². The largest absolute Gasteiger partial charge is 0.512 e. The van der Waals surface area contributed by atoms with Gasteiger partial charge in [-0.15, -0.1) is 29.1 Å². The molecule has 0 saturated carbocycles. The number of aliphatic hydroxyl groups is 1. The summed E-state index contributed by atoms with van der Waals surface area (Å²) in [6, 6.07) is 24.1. The summed E-state index contributed by atoms with van der Waals surface area (Å²) in [5.41, 5.74) is 6.19. The standard InChI is InChI=1S/C26H21N2O.C15H28O2.Ir/c1-26(2,3)21-15-19(14-17-6-4-5-7-20(17)21)24-16-18(10-12-27-24)22-8-9-25-23(28-22)11-13-29-25;1-7-14(5,8-2)12(16)11-13(17)15(6,9-3)10-4;/h4-13,15-16H,1-3H3;11,16H,7-10H2,1-6H3;/q-1;;/b;12-11-;. The van der Waals surface area contributed by atoms with Crippen LogP contribution in [-0.4, -0.2) is 20.9 Å². The number of hydrogen-bond acceptors (Lipinski definition) is 5. The minimum Gasteiger partial charge on any atom is -0.512 e. The van der Waals surface area contributed by atoms with Gasteiger partial charge in [0.05, 0.1) is 12.0 Å². The Balaban J connectivity index is 0.000000290. The smallest absolute Gasteiger partial charge is 0.164 e. The van der Waals surface area contributed by atoms with E-state index in [0.717, 1.165) is 64.7 Å². The van der Waals surface area contributed by atoms with E-state index in [1.165, 1.54) is 17.0 Å². The average molecular weight is 810 g/mol. The number of carbonyl (C=O) groups excluding carboxylic acids is 1. The zero-order valence-corrected chi connectivity index (χ0v) is 31.7. The van der Waals surface area contributed by atoms with Gasteiger partial charge in [0.25, 0.3) is 0 Å². The van der Waals surface area contributed by atoms with Crippen LogP contribution in [0.3, 0.4) is 0 Å². The first-order valence-electron chi connectivity index (χ1n) is 16.5. The van der Waals surface area contributed by atoms with Crippen molar-refractivity contribution in [1.29, 1.82) is 0 Å². The zero-order chi connectivity index (χ0) is 33.7. The molecule has 0 aliphatic heterocycles. The van der Waals surface area contributed by atoms with Gasteiger partial charge in [0, 0.05) is 55.0 Å². The Bertz CT molecular complexity index is 1840. The number of hydrogen-bond donors (Lipinski definition) is 1. The summed E-state index contributed by atoms with van der Waals surface area (Å²) in [5.74, 6) is 0.286. The van der Waals surface area contributed by atoms with E-state index in [2.05, 4.69) is 68.2 Å². The normalized spacial score (nSPS) is 12.4. The number of allylic oxidation sites excluding steroid dienone is 2. The van der Waals surface area contributed by atoms with Crippen molar-refractivity contribution in [2.75, 3.05) is 0 Å². The van der Waals surface area contributed by atoms with Crippen LogP contribution >= 0.6 is 0 Å². The Labute approximate surface area is 294 Å². The summed E-state index contributed by atoms with van der Waals surface area (Å²) >= 11 is 0. The van der Waals surface area contributed by atoms with Gasteiger partial charge in [-0.1, -0.05) is 97.5 Å². The monoisotopic (exact) mass is 810 g/mol. The van der Waals surface area contributed by atoms with Crippen LogP contribution in [0.4, 0.5) is 0 Å². The Morgan fingerprint density at radius 1 is 0.851 bits per heavy atom. The third kappa shape index (κ3) is 8.47.